The second kappa shape index (κ2) is 7.74. The lowest BCUT2D eigenvalue weighted by Crippen LogP contribution is -2.26. The zero-order valence-electron chi connectivity index (χ0n) is 14.6. The van der Waals surface area contributed by atoms with E-state index in [0.717, 1.165) is 24.2 Å². The molecule has 0 radical (unpaired) electrons. The van der Waals surface area contributed by atoms with Gasteiger partial charge in [-0.1, -0.05) is 12.1 Å². The molecular formula is C20H22N2O2S. The van der Waals surface area contributed by atoms with Crippen molar-refractivity contribution >= 4 is 29.3 Å². The van der Waals surface area contributed by atoms with Crippen molar-refractivity contribution in [2.45, 2.75) is 24.3 Å². The third kappa shape index (κ3) is 4.04. The van der Waals surface area contributed by atoms with Gasteiger partial charge in [-0.15, -0.1) is 11.8 Å². The van der Waals surface area contributed by atoms with Crippen LogP contribution in [-0.2, 0) is 11.3 Å². The molecule has 0 saturated carbocycles. The van der Waals surface area contributed by atoms with E-state index in [4.69, 9.17) is 0 Å². The molecule has 130 valence electrons. The lowest BCUT2D eigenvalue weighted by molar-refractivity contribution is -0.117. The van der Waals surface area contributed by atoms with Crippen LogP contribution < -0.4 is 4.90 Å². The van der Waals surface area contributed by atoms with Gasteiger partial charge in [-0.05, 0) is 54.6 Å². The average molecular weight is 354 g/mol. The zero-order valence-corrected chi connectivity index (χ0v) is 15.4. The summed E-state index contributed by atoms with van der Waals surface area (Å²) < 4.78 is 0. The Bertz CT molecular complexity index is 756. The van der Waals surface area contributed by atoms with E-state index < -0.39 is 0 Å². The monoisotopic (exact) mass is 354 g/mol. The van der Waals surface area contributed by atoms with Gasteiger partial charge in [0, 0.05) is 42.7 Å². The molecule has 5 heteroatoms. The highest BCUT2D eigenvalue weighted by Crippen LogP contribution is 2.22. The predicted octanol–water partition coefficient (Wildman–Crippen LogP) is 3.81. The summed E-state index contributed by atoms with van der Waals surface area (Å²) in [7, 11) is 1.81. The summed E-state index contributed by atoms with van der Waals surface area (Å²) in [5, 5.41) is 0. The van der Waals surface area contributed by atoms with Gasteiger partial charge in [-0.3, -0.25) is 9.59 Å². The van der Waals surface area contributed by atoms with Crippen LogP contribution in [0.3, 0.4) is 0 Å². The van der Waals surface area contributed by atoms with Crippen molar-refractivity contribution in [2.75, 3.05) is 24.7 Å². The van der Waals surface area contributed by atoms with E-state index in [1.165, 1.54) is 4.90 Å². The summed E-state index contributed by atoms with van der Waals surface area (Å²) in [5.41, 5.74) is 2.61. The molecule has 0 atom stereocenters. The van der Waals surface area contributed by atoms with Crippen molar-refractivity contribution in [3.05, 3.63) is 59.7 Å². The van der Waals surface area contributed by atoms with Crippen LogP contribution in [0.1, 0.15) is 28.8 Å². The molecule has 1 saturated heterocycles. The van der Waals surface area contributed by atoms with Crippen LogP contribution >= 0.6 is 11.8 Å². The molecule has 0 bridgehead atoms. The number of hydrogen-bond donors (Lipinski definition) is 0. The third-order valence-electron chi connectivity index (χ3n) is 4.42. The number of benzene rings is 2. The Morgan fingerprint density at radius 1 is 1.12 bits per heavy atom. The Balaban J connectivity index is 1.66. The Hall–Kier alpha value is -2.27. The minimum absolute atomic E-state index is 0.0201. The smallest absolute Gasteiger partial charge is 0.253 e. The van der Waals surface area contributed by atoms with Gasteiger partial charge in [-0.25, -0.2) is 0 Å². The molecule has 25 heavy (non-hydrogen) atoms. The first-order chi connectivity index (χ1) is 12.1. The summed E-state index contributed by atoms with van der Waals surface area (Å²) in [4.78, 5) is 29.1. The highest BCUT2D eigenvalue weighted by molar-refractivity contribution is 7.98. The SMILES string of the molecule is CSc1ccc(CN(C)C(=O)c2ccc(N3CCCC3=O)cc2)cc1. The van der Waals surface area contributed by atoms with Gasteiger partial charge in [0.25, 0.3) is 5.91 Å². The number of anilines is 1. The fourth-order valence-electron chi connectivity index (χ4n) is 3.00. The number of amides is 2. The molecule has 1 aliphatic rings. The summed E-state index contributed by atoms with van der Waals surface area (Å²) in [5.74, 6) is 0.137. The number of rotatable bonds is 5. The van der Waals surface area contributed by atoms with E-state index in [9.17, 15) is 9.59 Å². The zero-order chi connectivity index (χ0) is 17.8. The normalized spacial score (nSPS) is 14.0. The Kier molecular flexibility index (Phi) is 5.43. The molecule has 2 aromatic carbocycles. The molecule has 4 nitrogen and oxygen atoms in total. The minimum atomic E-state index is -0.0201. The molecule has 0 N–H and O–H groups in total. The van der Waals surface area contributed by atoms with E-state index in [0.29, 0.717) is 18.5 Å². The number of thioether (sulfide) groups is 1. The van der Waals surface area contributed by atoms with E-state index in [1.54, 1.807) is 33.7 Å². The highest BCUT2D eigenvalue weighted by Gasteiger charge is 2.22. The molecule has 1 heterocycles. The molecule has 0 aromatic heterocycles. The summed E-state index contributed by atoms with van der Waals surface area (Å²) in [6, 6.07) is 15.6. The van der Waals surface area contributed by atoms with Gasteiger partial charge < -0.3 is 9.80 Å². The van der Waals surface area contributed by atoms with E-state index >= 15 is 0 Å². The van der Waals surface area contributed by atoms with Crippen LogP contribution in [0, 0.1) is 0 Å². The molecule has 3 rings (SSSR count). The van der Waals surface area contributed by atoms with Crippen LogP contribution in [0.15, 0.2) is 53.4 Å². The maximum atomic E-state index is 12.6. The van der Waals surface area contributed by atoms with Crippen molar-refractivity contribution in [3.63, 3.8) is 0 Å². The average Bonchev–Trinajstić information content (AvgIpc) is 3.08. The second-order valence-corrected chi connectivity index (χ2v) is 7.08. The topological polar surface area (TPSA) is 40.6 Å². The Morgan fingerprint density at radius 2 is 1.80 bits per heavy atom. The molecule has 1 aliphatic heterocycles. The van der Waals surface area contributed by atoms with Crippen LogP contribution in [0.2, 0.25) is 0 Å². The largest absolute Gasteiger partial charge is 0.337 e. The fraction of sp³-hybridized carbons (Fsp3) is 0.300. The fourth-order valence-corrected chi connectivity index (χ4v) is 3.41. The van der Waals surface area contributed by atoms with Crippen molar-refractivity contribution < 1.29 is 9.59 Å². The number of hydrogen-bond acceptors (Lipinski definition) is 3. The van der Waals surface area contributed by atoms with Crippen molar-refractivity contribution in [1.29, 1.82) is 0 Å². The van der Waals surface area contributed by atoms with Gasteiger partial charge in [0.2, 0.25) is 5.91 Å². The van der Waals surface area contributed by atoms with Crippen LogP contribution in [0.5, 0.6) is 0 Å². The first-order valence-electron chi connectivity index (χ1n) is 8.37. The standard InChI is InChI=1S/C20H22N2O2S/c1-21(14-15-5-11-18(25-2)12-6-15)20(24)16-7-9-17(10-8-16)22-13-3-4-19(22)23/h5-12H,3-4,13-14H2,1-2H3. The number of carbonyl (C=O) groups is 2. The maximum absolute atomic E-state index is 12.6. The lowest BCUT2D eigenvalue weighted by atomic mass is 10.1. The number of carbonyl (C=O) groups excluding carboxylic acids is 2. The minimum Gasteiger partial charge on any atom is -0.337 e. The second-order valence-electron chi connectivity index (χ2n) is 6.21. The van der Waals surface area contributed by atoms with E-state index in [1.807, 2.05) is 25.4 Å². The molecular weight excluding hydrogens is 332 g/mol. The van der Waals surface area contributed by atoms with Crippen LogP contribution in [0.4, 0.5) is 5.69 Å². The first kappa shape index (κ1) is 17.5. The van der Waals surface area contributed by atoms with Gasteiger partial charge in [0.1, 0.15) is 0 Å². The summed E-state index contributed by atoms with van der Waals surface area (Å²) in [6.07, 6.45) is 3.56. The number of nitrogens with zero attached hydrogens (tertiary/aromatic N) is 2. The lowest BCUT2D eigenvalue weighted by Gasteiger charge is -2.19. The molecule has 0 spiro atoms. The maximum Gasteiger partial charge on any atom is 0.253 e. The van der Waals surface area contributed by atoms with Crippen LogP contribution in [-0.4, -0.2) is 36.6 Å². The van der Waals surface area contributed by atoms with Crippen molar-refractivity contribution in [2.24, 2.45) is 0 Å². The molecule has 2 amide bonds. The van der Waals surface area contributed by atoms with Crippen molar-refractivity contribution in [1.82, 2.24) is 4.90 Å². The van der Waals surface area contributed by atoms with Gasteiger partial charge >= 0.3 is 0 Å². The van der Waals surface area contributed by atoms with E-state index in [2.05, 4.69) is 24.3 Å². The molecule has 0 unspecified atom stereocenters. The van der Waals surface area contributed by atoms with Gasteiger partial charge in [0.15, 0.2) is 0 Å². The summed E-state index contributed by atoms with van der Waals surface area (Å²) >= 11 is 1.70. The summed E-state index contributed by atoms with van der Waals surface area (Å²) in [6.45, 7) is 1.33. The quantitative estimate of drug-likeness (QED) is 0.767. The van der Waals surface area contributed by atoms with Crippen molar-refractivity contribution in [3.8, 4) is 0 Å². The van der Waals surface area contributed by atoms with Gasteiger partial charge in [0.05, 0.1) is 0 Å². The van der Waals surface area contributed by atoms with Gasteiger partial charge in [-0.2, -0.15) is 0 Å². The van der Waals surface area contributed by atoms with Crippen LogP contribution in [0.25, 0.3) is 0 Å². The highest BCUT2D eigenvalue weighted by atomic mass is 32.2. The van der Waals surface area contributed by atoms with E-state index in [-0.39, 0.29) is 11.8 Å². The molecule has 2 aromatic rings. The Labute approximate surface area is 152 Å². The molecule has 0 aliphatic carbocycles. The predicted molar refractivity (Wildman–Crippen MR) is 102 cm³/mol. The third-order valence-corrected chi connectivity index (χ3v) is 5.17. The first-order valence-corrected chi connectivity index (χ1v) is 9.60. The molecule has 1 fully saturated rings. The Morgan fingerprint density at radius 3 is 2.36 bits per heavy atom.